The topological polar surface area (TPSA) is 72.7 Å². The summed E-state index contributed by atoms with van der Waals surface area (Å²) >= 11 is 1.74. The number of nitrogens with zero attached hydrogens (tertiary/aromatic N) is 2. The van der Waals surface area contributed by atoms with Crippen molar-refractivity contribution in [3.05, 3.63) is 98.7 Å². The minimum Gasteiger partial charge on any atom is -0.462 e. The van der Waals surface area contributed by atoms with Crippen molar-refractivity contribution in [1.29, 1.82) is 0 Å². The van der Waals surface area contributed by atoms with Gasteiger partial charge in [0, 0.05) is 33.7 Å². The first-order valence-electron chi connectivity index (χ1n) is 14.4. The number of hydrogen-bond acceptors (Lipinski definition) is 5. The first-order chi connectivity index (χ1) is 19.9. The van der Waals surface area contributed by atoms with E-state index in [9.17, 15) is 9.59 Å². The van der Waals surface area contributed by atoms with Crippen LogP contribution in [0.4, 0.5) is 11.4 Å². The van der Waals surface area contributed by atoms with Gasteiger partial charge in [-0.1, -0.05) is 31.0 Å². The molecule has 41 heavy (non-hydrogen) atoms. The second-order valence-electron chi connectivity index (χ2n) is 10.7. The molecule has 7 heteroatoms. The fraction of sp³-hybridized carbons (Fsp3) is 0.324. The Hall–Kier alpha value is -3.97. The zero-order valence-electron chi connectivity index (χ0n) is 24.3. The molecule has 2 aromatic heterocycles. The van der Waals surface area contributed by atoms with E-state index < -0.39 is 0 Å². The summed E-state index contributed by atoms with van der Waals surface area (Å²) in [6.45, 7) is 8.69. The fourth-order valence-corrected chi connectivity index (χ4v) is 6.72. The number of amides is 1. The second kappa shape index (κ2) is 12.7. The number of fused-ring (bicyclic) bond motifs is 1. The van der Waals surface area contributed by atoms with Crippen molar-refractivity contribution in [1.82, 2.24) is 4.57 Å². The summed E-state index contributed by atoms with van der Waals surface area (Å²) in [7, 11) is 0. The summed E-state index contributed by atoms with van der Waals surface area (Å²) in [5.74, 6) is -0.363. The number of aromatic nitrogens is 1. The van der Waals surface area contributed by atoms with E-state index in [1.165, 1.54) is 10.4 Å². The summed E-state index contributed by atoms with van der Waals surface area (Å²) in [6.07, 6.45) is 7.90. The van der Waals surface area contributed by atoms with Crippen molar-refractivity contribution in [3.63, 3.8) is 0 Å². The van der Waals surface area contributed by atoms with Crippen LogP contribution in [0, 0.1) is 20.8 Å². The zero-order valence-corrected chi connectivity index (χ0v) is 25.1. The molecule has 1 N–H and O–H groups in total. The van der Waals surface area contributed by atoms with Gasteiger partial charge in [0.1, 0.15) is 5.00 Å². The molecule has 212 valence electrons. The van der Waals surface area contributed by atoms with E-state index in [1.54, 1.807) is 23.5 Å². The number of aliphatic imine (C=N–C) groups is 1. The number of benzene rings is 2. The lowest BCUT2D eigenvalue weighted by Crippen LogP contribution is -2.17. The Kier molecular flexibility index (Phi) is 8.84. The maximum absolute atomic E-state index is 13.7. The highest BCUT2D eigenvalue weighted by Crippen LogP contribution is 2.39. The number of carbonyl (C=O) groups excluding carboxylic acids is 2. The molecule has 0 aliphatic heterocycles. The number of rotatable bonds is 9. The van der Waals surface area contributed by atoms with Gasteiger partial charge >= 0.3 is 5.97 Å². The third-order valence-electron chi connectivity index (χ3n) is 7.55. The van der Waals surface area contributed by atoms with E-state index in [2.05, 4.69) is 41.7 Å². The molecule has 0 spiro atoms. The van der Waals surface area contributed by atoms with Gasteiger partial charge in [0.2, 0.25) is 0 Å². The SMILES string of the molecule is CCCCOC(=O)c1ccc(N=Cc2cc(C)n(-c3sc4c(c3C(=O)Nc3ccc(C)cc3)CCCC4)c2C)cc1. The molecule has 0 unspecified atom stereocenters. The first kappa shape index (κ1) is 28.6. The zero-order chi connectivity index (χ0) is 28.9. The number of anilines is 1. The van der Waals surface area contributed by atoms with E-state index in [-0.39, 0.29) is 11.9 Å². The quantitative estimate of drug-likeness (QED) is 0.126. The molecule has 1 aliphatic carbocycles. The third-order valence-corrected chi connectivity index (χ3v) is 8.83. The molecule has 1 amide bonds. The number of nitrogens with one attached hydrogen (secondary N) is 1. The molecule has 5 rings (SSSR count). The lowest BCUT2D eigenvalue weighted by Gasteiger charge is -2.14. The molecule has 4 aromatic rings. The smallest absolute Gasteiger partial charge is 0.338 e. The summed E-state index contributed by atoms with van der Waals surface area (Å²) in [4.78, 5) is 31.9. The average Bonchev–Trinajstić information content (AvgIpc) is 3.49. The van der Waals surface area contributed by atoms with Crippen molar-refractivity contribution >= 4 is 40.8 Å². The maximum Gasteiger partial charge on any atom is 0.338 e. The van der Waals surface area contributed by atoms with Gasteiger partial charge in [0.15, 0.2) is 0 Å². The molecule has 1 aliphatic rings. The van der Waals surface area contributed by atoms with Gasteiger partial charge in [-0.3, -0.25) is 9.79 Å². The van der Waals surface area contributed by atoms with Crippen molar-refractivity contribution in [2.75, 3.05) is 11.9 Å². The second-order valence-corrected chi connectivity index (χ2v) is 11.8. The van der Waals surface area contributed by atoms with Crippen LogP contribution >= 0.6 is 11.3 Å². The molecule has 2 aromatic carbocycles. The van der Waals surface area contributed by atoms with Crippen LogP contribution in [0.15, 0.2) is 59.6 Å². The number of aryl methyl sites for hydroxylation is 3. The van der Waals surface area contributed by atoms with Gasteiger partial charge in [0.25, 0.3) is 5.91 Å². The van der Waals surface area contributed by atoms with E-state index in [1.807, 2.05) is 49.5 Å². The number of hydrogen-bond donors (Lipinski definition) is 1. The Morgan fingerprint density at radius 3 is 2.49 bits per heavy atom. The summed E-state index contributed by atoms with van der Waals surface area (Å²) in [6, 6.07) is 17.2. The molecule has 0 saturated heterocycles. The number of carbonyl (C=O) groups is 2. The van der Waals surface area contributed by atoms with Gasteiger partial charge in [-0.05, 0) is 101 Å². The maximum atomic E-state index is 13.7. The molecule has 0 saturated carbocycles. The van der Waals surface area contributed by atoms with Crippen LogP contribution in [0.5, 0.6) is 0 Å². The Morgan fingerprint density at radius 2 is 1.76 bits per heavy atom. The Labute approximate surface area is 246 Å². The average molecular weight is 568 g/mol. The standard InChI is InChI=1S/C34H37N3O3S/c1-5-6-19-40-34(39)25-13-17-27(18-14-25)35-21-26-20-23(3)37(24(26)4)33-31(29-9-7-8-10-30(29)41-33)32(38)36-28-15-11-22(2)12-16-28/h11-18,20-21H,5-10,19H2,1-4H3,(H,36,38). The monoisotopic (exact) mass is 567 g/mol. The molecule has 0 fully saturated rings. The van der Waals surface area contributed by atoms with E-state index >= 15 is 0 Å². The predicted molar refractivity (Wildman–Crippen MR) is 168 cm³/mol. The van der Waals surface area contributed by atoms with E-state index in [0.29, 0.717) is 12.2 Å². The number of ether oxygens (including phenoxy) is 1. The van der Waals surface area contributed by atoms with Gasteiger partial charge in [-0.25, -0.2) is 4.79 Å². The highest BCUT2D eigenvalue weighted by atomic mass is 32.1. The van der Waals surface area contributed by atoms with Gasteiger partial charge in [-0.15, -0.1) is 11.3 Å². The summed E-state index contributed by atoms with van der Waals surface area (Å²) in [5, 5.41) is 4.12. The Morgan fingerprint density at radius 1 is 1.02 bits per heavy atom. The Bertz CT molecular complexity index is 1580. The number of unbranched alkanes of at least 4 members (excludes halogenated alkanes) is 1. The van der Waals surface area contributed by atoms with Crippen LogP contribution in [0.1, 0.15) is 86.3 Å². The number of esters is 1. The number of thiophene rings is 1. The highest BCUT2D eigenvalue weighted by molar-refractivity contribution is 7.15. The largest absolute Gasteiger partial charge is 0.462 e. The lowest BCUT2D eigenvalue weighted by atomic mass is 9.95. The normalized spacial score (nSPS) is 12.9. The van der Waals surface area contributed by atoms with Crippen molar-refractivity contribution in [2.45, 2.75) is 66.2 Å². The van der Waals surface area contributed by atoms with Gasteiger partial charge < -0.3 is 14.6 Å². The summed E-state index contributed by atoms with van der Waals surface area (Å²) in [5.41, 5.74) is 8.29. The van der Waals surface area contributed by atoms with E-state index in [4.69, 9.17) is 4.74 Å². The van der Waals surface area contributed by atoms with Crippen molar-refractivity contribution in [2.24, 2.45) is 4.99 Å². The lowest BCUT2D eigenvalue weighted by molar-refractivity contribution is 0.0499. The van der Waals surface area contributed by atoms with Crippen LogP contribution in [0.2, 0.25) is 0 Å². The van der Waals surface area contributed by atoms with Crippen LogP contribution in [-0.4, -0.2) is 29.3 Å². The molecule has 2 heterocycles. The van der Waals surface area contributed by atoms with Crippen LogP contribution < -0.4 is 5.32 Å². The third kappa shape index (κ3) is 6.35. The van der Waals surface area contributed by atoms with Crippen molar-refractivity contribution in [3.8, 4) is 5.00 Å². The van der Waals surface area contributed by atoms with Crippen LogP contribution in [0.3, 0.4) is 0 Å². The van der Waals surface area contributed by atoms with Gasteiger partial charge in [0.05, 0.1) is 23.4 Å². The first-order valence-corrected chi connectivity index (χ1v) is 15.2. The summed E-state index contributed by atoms with van der Waals surface area (Å²) < 4.78 is 7.50. The minimum atomic E-state index is -0.307. The van der Waals surface area contributed by atoms with Gasteiger partial charge in [-0.2, -0.15) is 0 Å². The minimum absolute atomic E-state index is 0.0562. The van der Waals surface area contributed by atoms with Crippen LogP contribution in [-0.2, 0) is 17.6 Å². The van der Waals surface area contributed by atoms with E-state index in [0.717, 1.165) is 83.0 Å². The van der Waals surface area contributed by atoms with Crippen molar-refractivity contribution < 1.29 is 14.3 Å². The Balaban J connectivity index is 1.42. The molecule has 0 bridgehead atoms. The molecule has 0 radical (unpaired) electrons. The highest BCUT2D eigenvalue weighted by Gasteiger charge is 2.28. The molecular formula is C34H37N3O3S. The van der Waals surface area contributed by atoms with Crippen LogP contribution in [0.25, 0.3) is 5.00 Å². The predicted octanol–water partition coefficient (Wildman–Crippen LogP) is 8.30. The fourth-order valence-electron chi connectivity index (χ4n) is 5.22. The molecule has 6 nitrogen and oxygen atoms in total. The molecule has 0 atom stereocenters. The molecular weight excluding hydrogens is 530 g/mol.